The summed E-state index contributed by atoms with van der Waals surface area (Å²) in [6.07, 6.45) is 1.71. The second kappa shape index (κ2) is 8.30. The first-order chi connectivity index (χ1) is 12.9. The number of sulfonamides is 1. The Labute approximate surface area is 162 Å². The lowest BCUT2D eigenvalue weighted by atomic mass is 10.2. The number of aromatic nitrogens is 3. The van der Waals surface area contributed by atoms with Crippen LogP contribution in [0.1, 0.15) is 29.0 Å². The lowest BCUT2D eigenvalue weighted by Crippen LogP contribution is -2.31. The summed E-state index contributed by atoms with van der Waals surface area (Å²) in [5, 5.41) is 9.37. The van der Waals surface area contributed by atoms with Gasteiger partial charge in [-0.05, 0) is 49.3 Å². The summed E-state index contributed by atoms with van der Waals surface area (Å²) >= 11 is 5.01. The van der Waals surface area contributed by atoms with E-state index in [1.54, 1.807) is 11.6 Å². The average Bonchev–Trinajstić information content (AvgIpc) is 3.29. The summed E-state index contributed by atoms with van der Waals surface area (Å²) in [5.74, 6) is 0.256. The Morgan fingerprint density at radius 2 is 2.15 bits per heavy atom. The van der Waals surface area contributed by atoms with Gasteiger partial charge >= 0.3 is 0 Å². The number of amides is 1. The molecule has 9 nitrogen and oxygen atoms in total. The molecule has 146 valence electrons. The molecule has 1 aliphatic rings. The Balaban J connectivity index is 1.59. The number of H-pyrrole nitrogens is 1. The Hall–Kier alpha value is -2.08. The fourth-order valence-electron chi connectivity index (χ4n) is 2.68. The fourth-order valence-corrected chi connectivity index (χ4v) is 3.89. The predicted octanol–water partition coefficient (Wildman–Crippen LogP) is 0.865. The van der Waals surface area contributed by atoms with Crippen LogP contribution in [0.25, 0.3) is 0 Å². The van der Waals surface area contributed by atoms with Crippen LogP contribution in [0.15, 0.2) is 29.2 Å². The molecule has 1 aliphatic heterocycles. The fraction of sp³-hybridized carbons (Fsp3) is 0.438. The molecule has 3 N–H and O–H groups in total. The maximum atomic E-state index is 12.3. The van der Waals surface area contributed by atoms with Gasteiger partial charge in [-0.2, -0.15) is 5.10 Å². The monoisotopic (exact) mass is 411 g/mol. The molecule has 0 spiro atoms. The van der Waals surface area contributed by atoms with Gasteiger partial charge in [0.05, 0.1) is 17.5 Å². The molecule has 1 amide bonds. The van der Waals surface area contributed by atoms with Crippen molar-refractivity contribution < 1.29 is 17.9 Å². The van der Waals surface area contributed by atoms with Crippen LogP contribution in [0, 0.1) is 4.77 Å². The third kappa shape index (κ3) is 4.80. The van der Waals surface area contributed by atoms with E-state index in [0.29, 0.717) is 22.8 Å². The maximum absolute atomic E-state index is 12.3. The number of aromatic amines is 1. The van der Waals surface area contributed by atoms with Crippen LogP contribution in [-0.4, -0.2) is 48.3 Å². The molecular weight excluding hydrogens is 390 g/mol. The van der Waals surface area contributed by atoms with Crippen molar-refractivity contribution in [1.29, 1.82) is 0 Å². The summed E-state index contributed by atoms with van der Waals surface area (Å²) in [6.45, 7) is 1.11. The predicted molar refractivity (Wildman–Crippen MR) is 100 cm³/mol. The maximum Gasteiger partial charge on any atom is 0.251 e. The molecule has 1 aromatic carbocycles. The van der Waals surface area contributed by atoms with Crippen LogP contribution in [-0.2, 0) is 28.4 Å². The summed E-state index contributed by atoms with van der Waals surface area (Å²) in [6, 6.07) is 5.75. The molecule has 0 bridgehead atoms. The number of nitrogens with one attached hydrogen (secondary N) is 3. The molecule has 27 heavy (non-hydrogen) atoms. The number of nitrogens with zero attached hydrogens (tertiary/aromatic N) is 2. The second-order valence-corrected chi connectivity index (χ2v) is 8.35. The first-order valence-corrected chi connectivity index (χ1v) is 10.4. The number of rotatable bonds is 7. The SMILES string of the molecule is Cn1c(CNC(=O)c2ccc(S(=O)(=O)NCC3CCCO3)cc2)n[nH]c1=S. The number of carbonyl (C=O) groups is 1. The average molecular weight is 412 g/mol. The summed E-state index contributed by atoms with van der Waals surface area (Å²) in [5.41, 5.74) is 0.352. The summed E-state index contributed by atoms with van der Waals surface area (Å²) < 4.78 is 34.7. The van der Waals surface area contributed by atoms with Crippen molar-refractivity contribution in [2.45, 2.75) is 30.4 Å². The van der Waals surface area contributed by atoms with E-state index in [1.807, 2.05) is 0 Å². The van der Waals surface area contributed by atoms with E-state index >= 15 is 0 Å². The zero-order valence-electron chi connectivity index (χ0n) is 14.8. The molecule has 0 aliphatic carbocycles. The normalized spacial score (nSPS) is 17.1. The molecule has 0 radical (unpaired) electrons. The van der Waals surface area contributed by atoms with Gasteiger partial charge in [-0.1, -0.05) is 0 Å². The highest BCUT2D eigenvalue weighted by Crippen LogP contribution is 2.14. The molecule has 1 unspecified atom stereocenters. The van der Waals surface area contributed by atoms with E-state index in [2.05, 4.69) is 20.2 Å². The minimum absolute atomic E-state index is 0.0798. The second-order valence-electron chi connectivity index (χ2n) is 6.20. The van der Waals surface area contributed by atoms with E-state index in [4.69, 9.17) is 17.0 Å². The van der Waals surface area contributed by atoms with Gasteiger partial charge in [-0.15, -0.1) is 0 Å². The molecule has 1 saturated heterocycles. The van der Waals surface area contributed by atoms with Crippen molar-refractivity contribution >= 4 is 28.1 Å². The first-order valence-electron chi connectivity index (χ1n) is 8.46. The van der Waals surface area contributed by atoms with Crippen LogP contribution in [0.2, 0.25) is 0 Å². The van der Waals surface area contributed by atoms with E-state index in [-0.39, 0.29) is 30.0 Å². The van der Waals surface area contributed by atoms with Gasteiger partial charge in [-0.25, -0.2) is 13.1 Å². The van der Waals surface area contributed by atoms with E-state index in [9.17, 15) is 13.2 Å². The number of hydrogen-bond donors (Lipinski definition) is 3. The quantitative estimate of drug-likeness (QED) is 0.582. The van der Waals surface area contributed by atoms with Gasteiger partial charge in [0.15, 0.2) is 10.6 Å². The van der Waals surface area contributed by atoms with Crippen molar-refractivity contribution in [2.75, 3.05) is 13.2 Å². The van der Waals surface area contributed by atoms with Crippen molar-refractivity contribution in [1.82, 2.24) is 24.8 Å². The van der Waals surface area contributed by atoms with Gasteiger partial charge in [0.25, 0.3) is 5.91 Å². The minimum Gasteiger partial charge on any atom is -0.377 e. The lowest BCUT2D eigenvalue weighted by molar-refractivity contribution is 0.0949. The van der Waals surface area contributed by atoms with Crippen molar-refractivity contribution in [3.05, 3.63) is 40.4 Å². The van der Waals surface area contributed by atoms with E-state index in [0.717, 1.165) is 12.8 Å². The standard InChI is InChI=1S/C16H21N5O4S2/c1-21-14(19-20-16(21)26)10-17-15(22)11-4-6-13(7-5-11)27(23,24)18-9-12-3-2-8-25-12/h4-7,12,18H,2-3,8-10H2,1H3,(H,17,22)(H,20,26). The van der Waals surface area contributed by atoms with E-state index in [1.165, 1.54) is 24.3 Å². The smallest absolute Gasteiger partial charge is 0.251 e. The number of hydrogen-bond acceptors (Lipinski definition) is 6. The van der Waals surface area contributed by atoms with Crippen LogP contribution in [0.4, 0.5) is 0 Å². The number of carbonyl (C=O) groups excluding carboxylic acids is 1. The first kappa shape index (κ1) is 19.7. The molecule has 3 rings (SSSR count). The Morgan fingerprint density at radius 1 is 1.41 bits per heavy atom. The Morgan fingerprint density at radius 3 is 2.74 bits per heavy atom. The molecule has 1 aromatic heterocycles. The third-order valence-corrected chi connectivity index (χ3v) is 6.14. The Bertz CT molecular complexity index is 959. The highest BCUT2D eigenvalue weighted by Gasteiger charge is 2.20. The number of ether oxygens (including phenoxy) is 1. The highest BCUT2D eigenvalue weighted by molar-refractivity contribution is 7.89. The van der Waals surface area contributed by atoms with Gasteiger partial charge in [0.2, 0.25) is 10.0 Å². The lowest BCUT2D eigenvalue weighted by Gasteiger charge is -2.11. The summed E-state index contributed by atoms with van der Waals surface area (Å²) in [7, 11) is -1.89. The zero-order chi connectivity index (χ0) is 19.4. The molecule has 2 heterocycles. The van der Waals surface area contributed by atoms with Crippen molar-refractivity contribution in [3.8, 4) is 0 Å². The molecule has 0 saturated carbocycles. The Kier molecular flexibility index (Phi) is 6.05. The van der Waals surface area contributed by atoms with Crippen molar-refractivity contribution in [2.24, 2.45) is 7.05 Å². The largest absolute Gasteiger partial charge is 0.377 e. The van der Waals surface area contributed by atoms with E-state index < -0.39 is 10.0 Å². The van der Waals surface area contributed by atoms with Crippen LogP contribution < -0.4 is 10.0 Å². The molecule has 11 heteroatoms. The minimum atomic E-state index is -3.64. The van der Waals surface area contributed by atoms with Gasteiger partial charge in [0.1, 0.15) is 0 Å². The van der Waals surface area contributed by atoms with Crippen LogP contribution in [0.3, 0.4) is 0 Å². The van der Waals surface area contributed by atoms with Crippen LogP contribution in [0.5, 0.6) is 0 Å². The summed E-state index contributed by atoms with van der Waals surface area (Å²) in [4.78, 5) is 12.3. The zero-order valence-corrected chi connectivity index (χ0v) is 16.4. The molecule has 2 aromatic rings. The molecule has 1 fully saturated rings. The molecule has 1 atom stereocenters. The van der Waals surface area contributed by atoms with Crippen LogP contribution >= 0.6 is 12.2 Å². The third-order valence-electron chi connectivity index (χ3n) is 4.33. The van der Waals surface area contributed by atoms with Gasteiger partial charge < -0.3 is 14.6 Å². The molecular formula is C16H21N5O4S2. The van der Waals surface area contributed by atoms with Gasteiger partial charge in [0, 0.05) is 25.8 Å². The highest BCUT2D eigenvalue weighted by atomic mass is 32.2. The van der Waals surface area contributed by atoms with Gasteiger partial charge in [-0.3, -0.25) is 9.89 Å². The number of benzene rings is 1. The van der Waals surface area contributed by atoms with Crippen molar-refractivity contribution in [3.63, 3.8) is 0 Å². The topological polar surface area (TPSA) is 118 Å².